The highest BCUT2D eigenvalue weighted by molar-refractivity contribution is 7.99. The van der Waals surface area contributed by atoms with E-state index in [0.29, 0.717) is 0 Å². The lowest BCUT2D eigenvalue weighted by Gasteiger charge is -2.45. The molecule has 9 aromatic carbocycles. The van der Waals surface area contributed by atoms with Gasteiger partial charge in [-0.25, -0.2) is 0 Å². The lowest BCUT2D eigenvalue weighted by atomic mass is 9.62. The fourth-order valence-electron chi connectivity index (χ4n) is 10.4. The third-order valence-corrected chi connectivity index (χ3v) is 13.9. The zero-order valence-corrected chi connectivity index (χ0v) is 32.2. The first-order chi connectivity index (χ1) is 28.8. The van der Waals surface area contributed by atoms with Crippen LogP contribution >= 0.6 is 11.8 Å². The van der Waals surface area contributed by atoms with Crippen LogP contribution < -0.4 is 0 Å². The molecule has 0 aliphatic carbocycles. The van der Waals surface area contributed by atoms with Gasteiger partial charge in [-0.2, -0.15) is 0 Å². The maximum absolute atomic E-state index is 2.56. The Morgan fingerprint density at radius 3 is 1.62 bits per heavy atom. The van der Waals surface area contributed by atoms with Gasteiger partial charge in [-0.15, -0.1) is 0 Å². The molecule has 1 spiro atoms. The van der Waals surface area contributed by atoms with Crippen molar-refractivity contribution in [3.05, 3.63) is 229 Å². The summed E-state index contributed by atoms with van der Waals surface area (Å²) < 4.78 is 5.09. The van der Waals surface area contributed by atoms with E-state index in [9.17, 15) is 0 Å². The van der Waals surface area contributed by atoms with Crippen molar-refractivity contribution in [2.24, 2.45) is 0 Å². The molecular weight excluding hydrogens is 721 g/mol. The van der Waals surface area contributed by atoms with Crippen molar-refractivity contribution < 1.29 is 0 Å². The van der Waals surface area contributed by atoms with E-state index in [1.54, 1.807) is 0 Å². The van der Waals surface area contributed by atoms with Gasteiger partial charge in [0.2, 0.25) is 0 Å². The molecule has 2 aromatic heterocycles. The third-order valence-electron chi connectivity index (χ3n) is 12.7. The van der Waals surface area contributed by atoms with Crippen LogP contribution in [0.15, 0.2) is 216 Å². The maximum Gasteiger partial charge on any atom is 0.0765 e. The second-order valence-corrected chi connectivity index (χ2v) is 16.7. The fourth-order valence-corrected chi connectivity index (χ4v) is 11.8. The van der Waals surface area contributed by atoms with Gasteiger partial charge >= 0.3 is 0 Å². The molecule has 0 bridgehead atoms. The van der Waals surface area contributed by atoms with Crippen molar-refractivity contribution in [3.63, 3.8) is 0 Å². The van der Waals surface area contributed by atoms with E-state index in [1.165, 1.54) is 104 Å². The zero-order chi connectivity index (χ0) is 38.0. The summed E-state index contributed by atoms with van der Waals surface area (Å²) in [6, 6.07) is 76.8. The van der Waals surface area contributed by atoms with E-state index in [4.69, 9.17) is 0 Å². The van der Waals surface area contributed by atoms with Gasteiger partial charge in [-0.05, 0) is 87.0 Å². The SMILES string of the molecule is c1ccc(-c2cc(-c3ccccc3)cc(-n3c4ccccc4c4ccc5c(c43)Sc3ccccc3C53c4ccccc4-n4c5ccccc5c5cccc3c54)c2)cc1. The van der Waals surface area contributed by atoms with E-state index >= 15 is 0 Å². The van der Waals surface area contributed by atoms with Crippen LogP contribution in [0.5, 0.6) is 0 Å². The largest absolute Gasteiger partial charge is 0.309 e. The summed E-state index contributed by atoms with van der Waals surface area (Å²) in [5.41, 5.74) is 16.9. The minimum atomic E-state index is -0.561. The van der Waals surface area contributed by atoms with E-state index in [0.717, 1.165) is 5.69 Å². The number of hydrogen-bond acceptors (Lipinski definition) is 1. The molecule has 0 N–H and O–H groups in total. The van der Waals surface area contributed by atoms with Gasteiger partial charge in [0.1, 0.15) is 0 Å². The second kappa shape index (κ2) is 12.0. The molecule has 1 unspecified atom stereocenters. The molecule has 2 aliphatic heterocycles. The highest BCUT2D eigenvalue weighted by Gasteiger charge is 2.50. The monoisotopic (exact) mass is 754 g/mol. The van der Waals surface area contributed by atoms with Gasteiger partial charge in [0, 0.05) is 37.0 Å². The molecule has 1 atom stereocenters. The highest BCUT2D eigenvalue weighted by Crippen LogP contribution is 2.62. The second-order valence-electron chi connectivity index (χ2n) is 15.6. The van der Waals surface area contributed by atoms with Crippen molar-refractivity contribution in [2.45, 2.75) is 15.2 Å². The number of rotatable bonds is 3. The van der Waals surface area contributed by atoms with Crippen molar-refractivity contribution in [1.82, 2.24) is 9.13 Å². The first kappa shape index (κ1) is 32.1. The van der Waals surface area contributed by atoms with Crippen molar-refractivity contribution >= 4 is 55.4 Å². The minimum absolute atomic E-state index is 0.561. The number of para-hydroxylation sites is 4. The Morgan fingerprint density at radius 2 is 0.897 bits per heavy atom. The lowest BCUT2D eigenvalue weighted by Crippen LogP contribution is -2.37. The number of nitrogens with zero attached hydrogens (tertiary/aromatic N) is 2. The molecule has 11 aromatic rings. The zero-order valence-electron chi connectivity index (χ0n) is 31.4. The molecule has 4 heterocycles. The molecule has 0 radical (unpaired) electrons. The predicted octanol–water partition coefficient (Wildman–Crippen LogP) is 14.4. The number of benzene rings is 9. The Balaban J connectivity index is 1.20. The molecule has 58 heavy (non-hydrogen) atoms. The molecule has 0 saturated heterocycles. The number of aromatic nitrogens is 2. The molecule has 2 aliphatic rings. The Morgan fingerprint density at radius 1 is 0.345 bits per heavy atom. The number of hydrogen-bond donors (Lipinski definition) is 0. The Hall–Kier alpha value is -7.07. The predicted molar refractivity (Wildman–Crippen MR) is 242 cm³/mol. The molecule has 3 heteroatoms. The lowest BCUT2D eigenvalue weighted by molar-refractivity contribution is 0.691. The summed E-state index contributed by atoms with van der Waals surface area (Å²) >= 11 is 1.93. The van der Waals surface area contributed by atoms with Crippen molar-refractivity contribution in [1.29, 1.82) is 0 Å². The molecule has 0 fully saturated rings. The van der Waals surface area contributed by atoms with E-state index in [-0.39, 0.29) is 0 Å². The number of fused-ring (bicyclic) bond motifs is 15. The van der Waals surface area contributed by atoms with Gasteiger partial charge in [0.05, 0.1) is 33.2 Å². The average Bonchev–Trinajstić information content (AvgIpc) is 3.82. The normalized spacial score (nSPS) is 15.2. The van der Waals surface area contributed by atoms with Gasteiger partial charge in [0.25, 0.3) is 0 Å². The van der Waals surface area contributed by atoms with Gasteiger partial charge in [0.15, 0.2) is 0 Å². The fraction of sp³-hybridized carbons (Fsp3) is 0.0182. The molecule has 2 nitrogen and oxygen atoms in total. The van der Waals surface area contributed by atoms with Crippen LogP contribution in [0.25, 0.3) is 77.2 Å². The maximum atomic E-state index is 2.56. The van der Waals surface area contributed by atoms with Crippen LogP contribution in [0.1, 0.15) is 22.3 Å². The quantitative estimate of drug-likeness (QED) is 0.175. The molecular formula is C55H34N2S. The van der Waals surface area contributed by atoms with Gasteiger partial charge in [-0.3, -0.25) is 0 Å². The Kier molecular flexibility index (Phi) is 6.62. The van der Waals surface area contributed by atoms with Gasteiger partial charge < -0.3 is 9.13 Å². The van der Waals surface area contributed by atoms with E-state index in [1.807, 2.05) is 11.8 Å². The summed E-state index contributed by atoms with van der Waals surface area (Å²) in [5, 5.41) is 5.10. The summed E-state index contributed by atoms with van der Waals surface area (Å²) in [6.07, 6.45) is 0. The highest BCUT2D eigenvalue weighted by atomic mass is 32.2. The van der Waals surface area contributed by atoms with Crippen LogP contribution in [0.4, 0.5) is 0 Å². The van der Waals surface area contributed by atoms with Crippen LogP contribution in [-0.2, 0) is 5.41 Å². The topological polar surface area (TPSA) is 9.86 Å². The third kappa shape index (κ3) is 4.18. The molecule has 270 valence electrons. The van der Waals surface area contributed by atoms with Crippen molar-refractivity contribution in [2.75, 3.05) is 0 Å². The van der Waals surface area contributed by atoms with E-state index < -0.39 is 5.41 Å². The smallest absolute Gasteiger partial charge is 0.0765 e. The minimum Gasteiger partial charge on any atom is -0.309 e. The Labute approximate surface area is 340 Å². The summed E-state index contributed by atoms with van der Waals surface area (Å²) in [7, 11) is 0. The molecule has 0 saturated carbocycles. The summed E-state index contributed by atoms with van der Waals surface area (Å²) in [4.78, 5) is 2.59. The molecule has 0 amide bonds. The average molecular weight is 755 g/mol. The molecule has 13 rings (SSSR count). The van der Waals surface area contributed by atoms with Crippen LogP contribution in [0.3, 0.4) is 0 Å². The van der Waals surface area contributed by atoms with Crippen LogP contribution in [-0.4, -0.2) is 9.13 Å². The van der Waals surface area contributed by atoms with Crippen LogP contribution in [0.2, 0.25) is 0 Å². The van der Waals surface area contributed by atoms with Crippen LogP contribution in [0, 0.1) is 0 Å². The first-order valence-electron chi connectivity index (χ1n) is 20.0. The Bertz CT molecular complexity index is 3430. The van der Waals surface area contributed by atoms with Crippen molar-refractivity contribution in [3.8, 4) is 33.6 Å². The summed E-state index contributed by atoms with van der Waals surface area (Å²) in [6.45, 7) is 0. The first-order valence-corrected chi connectivity index (χ1v) is 20.8. The standard InChI is InChI=1S/C55H34N2S/c1-3-16-35(17-4-1)37-32-38(36-18-5-2-6-19-36)34-39(33-37)56-48-26-11-7-21-41(48)43-30-31-47-54(53(43)56)58-51-29-14-10-24-45(51)55(47)44-23-9-13-28-50(44)57-49-27-12-8-20-40(49)42-22-15-25-46(55)52(42)57/h1-34H. The van der Waals surface area contributed by atoms with Gasteiger partial charge in [-0.1, -0.05) is 176 Å². The van der Waals surface area contributed by atoms with E-state index in [2.05, 4.69) is 215 Å². The summed E-state index contributed by atoms with van der Waals surface area (Å²) in [5.74, 6) is 0.